The largest absolute Gasteiger partial charge is 0.412 e. The summed E-state index contributed by atoms with van der Waals surface area (Å²) in [7, 11) is 0. The summed E-state index contributed by atoms with van der Waals surface area (Å²) in [6.07, 6.45) is 0. The summed E-state index contributed by atoms with van der Waals surface area (Å²) in [5, 5.41) is 18.8. The van der Waals surface area contributed by atoms with Gasteiger partial charge in [-0.25, -0.2) is 5.10 Å². The van der Waals surface area contributed by atoms with Crippen molar-refractivity contribution in [1.82, 2.24) is 25.6 Å². The van der Waals surface area contributed by atoms with Gasteiger partial charge in [0.2, 0.25) is 0 Å². The van der Waals surface area contributed by atoms with Crippen LogP contribution >= 0.6 is 0 Å². The summed E-state index contributed by atoms with van der Waals surface area (Å²) in [6.45, 7) is 0. The lowest BCUT2D eigenvalue weighted by molar-refractivity contribution is 0.824. The number of rotatable bonds is 1. The molecular weight excluding hydrogens is 298 g/mol. The van der Waals surface area contributed by atoms with Crippen molar-refractivity contribution in [2.24, 2.45) is 11.7 Å². The van der Waals surface area contributed by atoms with E-state index in [2.05, 4.69) is 37.3 Å². The number of aromatic amines is 2. The summed E-state index contributed by atoms with van der Waals surface area (Å²) in [4.78, 5) is 11.8. The number of nitrogens with zero attached hydrogens (tertiary/aromatic N) is 3. The molecule has 23 heavy (non-hydrogen) atoms. The SMILES string of the molecule is NN.O.O=c1[nH]nc(-c2ccc3n[nH]nc3c2)c2ccccc12. The van der Waals surface area contributed by atoms with E-state index in [-0.39, 0.29) is 11.0 Å². The van der Waals surface area contributed by atoms with Crippen molar-refractivity contribution < 1.29 is 5.48 Å². The molecule has 0 spiro atoms. The molecule has 118 valence electrons. The second kappa shape index (κ2) is 6.75. The molecule has 0 aliphatic rings. The first-order valence-corrected chi connectivity index (χ1v) is 6.44. The Morgan fingerprint density at radius 3 is 2.35 bits per heavy atom. The van der Waals surface area contributed by atoms with Crippen molar-refractivity contribution in [3.05, 3.63) is 52.8 Å². The van der Waals surface area contributed by atoms with Crippen LogP contribution in [0.5, 0.6) is 0 Å². The third-order valence-electron chi connectivity index (χ3n) is 3.29. The fourth-order valence-corrected chi connectivity index (χ4v) is 2.32. The van der Waals surface area contributed by atoms with Crippen LogP contribution in [0, 0.1) is 0 Å². The summed E-state index contributed by atoms with van der Waals surface area (Å²) in [6, 6.07) is 13.1. The molecule has 4 rings (SSSR count). The van der Waals surface area contributed by atoms with E-state index in [0.29, 0.717) is 5.39 Å². The maximum Gasteiger partial charge on any atom is 0.272 e. The minimum atomic E-state index is -0.188. The highest BCUT2D eigenvalue weighted by Gasteiger charge is 2.09. The Bertz CT molecular complexity index is 993. The van der Waals surface area contributed by atoms with Crippen molar-refractivity contribution in [1.29, 1.82) is 0 Å². The predicted octanol–water partition coefficient (Wildman–Crippen LogP) is -0.144. The molecule has 0 amide bonds. The Kier molecular flexibility index (Phi) is 4.76. The fourth-order valence-electron chi connectivity index (χ4n) is 2.32. The number of nitrogens with two attached hydrogens (primary N) is 2. The van der Waals surface area contributed by atoms with Gasteiger partial charge in [0.25, 0.3) is 5.56 Å². The standard InChI is InChI=1S/C14H9N5O.H4N2.H2O/c20-14-10-4-2-1-3-9(10)13(17-18-14)8-5-6-11-12(7-8)16-19-15-11;1-2;/h1-7H,(H,18,20)(H,15,16,19);1-2H2;1H2. The van der Waals surface area contributed by atoms with Crippen molar-refractivity contribution in [3.8, 4) is 11.3 Å². The highest BCUT2D eigenvalue weighted by atomic mass is 16.1. The Morgan fingerprint density at radius 2 is 1.57 bits per heavy atom. The molecule has 9 nitrogen and oxygen atoms in total. The fraction of sp³-hybridized carbons (Fsp3) is 0. The van der Waals surface area contributed by atoms with E-state index >= 15 is 0 Å². The molecule has 0 radical (unpaired) electrons. The highest BCUT2D eigenvalue weighted by Crippen LogP contribution is 2.25. The topological polar surface area (TPSA) is 171 Å². The van der Waals surface area contributed by atoms with Gasteiger partial charge in [-0.15, -0.1) is 0 Å². The minimum Gasteiger partial charge on any atom is -0.412 e. The molecule has 4 aromatic rings. The summed E-state index contributed by atoms with van der Waals surface area (Å²) >= 11 is 0. The first-order chi connectivity index (χ1) is 10.8. The van der Waals surface area contributed by atoms with Crippen LogP contribution in [0.4, 0.5) is 0 Å². The van der Waals surface area contributed by atoms with E-state index in [1.165, 1.54) is 0 Å². The minimum absolute atomic E-state index is 0. The molecule has 2 aromatic heterocycles. The zero-order chi connectivity index (χ0) is 15.5. The molecule has 0 unspecified atom stereocenters. The number of hydrazine groups is 1. The average molecular weight is 313 g/mol. The quantitative estimate of drug-likeness (QED) is 0.281. The van der Waals surface area contributed by atoms with Crippen LogP contribution in [0.2, 0.25) is 0 Å². The normalized spacial score (nSPS) is 10.0. The van der Waals surface area contributed by atoms with Crippen molar-refractivity contribution in [2.45, 2.75) is 0 Å². The molecule has 0 aliphatic heterocycles. The zero-order valence-electron chi connectivity index (χ0n) is 11.9. The number of H-pyrrole nitrogens is 2. The van der Waals surface area contributed by atoms with Crippen LogP contribution in [0.25, 0.3) is 33.1 Å². The molecule has 2 aromatic carbocycles. The van der Waals surface area contributed by atoms with E-state index in [4.69, 9.17) is 0 Å². The number of hydrogen-bond donors (Lipinski definition) is 4. The number of benzene rings is 2. The van der Waals surface area contributed by atoms with Gasteiger partial charge in [0, 0.05) is 10.9 Å². The molecule has 0 saturated heterocycles. The van der Waals surface area contributed by atoms with Crippen LogP contribution in [-0.2, 0) is 0 Å². The lowest BCUT2D eigenvalue weighted by Gasteiger charge is -2.04. The van der Waals surface area contributed by atoms with Crippen LogP contribution in [-0.4, -0.2) is 31.1 Å². The monoisotopic (exact) mass is 313 g/mol. The van der Waals surface area contributed by atoms with Crippen molar-refractivity contribution >= 4 is 21.8 Å². The number of aromatic nitrogens is 5. The molecule has 9 heteroatoms. The molecule has 8 N–H and O–H groups in total. The van der Waals surface area contributed by atoms with E-state index in [1.54, 1.807) is 6.07 Å². The van der Waals surface area contributed by atoms with E-state index < -0.39 is 0 Å². The second-order valence-electron chi connectivity index (χ2n) is 4.47. The van der Waals surface area contributed by atoms with E-state index in [0.717, 1.165) is 27.7 Å². The lowest BCUT2D eigenvalue weighted by atomic mass is 10.0. The van der Waals surface area contributed by atoms with E-state index in [9.17, 15) is 4.79 Å². The molecule has 2 heterocycles. The lowest BCUT2D eigenvalue weighted by Crippen LogP contribution is -2.09. The first-order valence-electron chi connectivity index (χ1n) is 6.44. The number of fused-ring (bicyclic) bond motifs is 2. The maximum atomic E-state index is 11.8. The van der Waals surface area contributed by atoms with Gasteiger partial charge in [0.15, 0.2) is 0 Å². The smallest absolute Gasteiger partial charge is 0.272 e. The van der Waals surface area contributed by atoms with Gasteiger partial charge in [-0.2, -0.15) is 20.5 Å². The van der Waals surface area contributed by atoms with Gasteiger partial charge >= 0.3 is 0 Å². The highest BCUT2D eigenvalue weighted by molar-refractivity contribution is 5.95. The molecule has 0 bridgehead atoms. The third kappa shape index (κ3) is 2.79. The van der Waals surface area contributed by atoms with Gasteiger partial charge in [-0.05, 0) is 18.2 Å². The van der Waals surface area contributed by atoms with Crippen LogP contribution < -0.4 is 17.2 Å². The number of nitrogens with one attached hydrogen (secondary N) is 2. The Morgan fingerprint density at radius 1 is 0.870 bits per heavy atom. The summed E-state index contributed by atoms with van der Waals surface area (Å²) < 4.78 is 0. The van der Waals surface area contributed by atoms with E-state index in [1.807, 2.05) is 36.4 Å². The Hall–Kier alpha value is -3.14. The predicted molar refractivity (Wildman–Crippen MR) is 87.2 cm³/mol. The maximum absolute atomic E-state index is 11.8. The average Bonchev–Trinajstić information content (AvgIpc) is 3.05. The third-order valence-corrected chi connectivity index (χ3v) is 3.29. The molecule has 0 saturated carbocycles. The van der Waals surface area contributed by atoms with Crippen LogP contribution in [0.15, 0.2) is 47.3 Å². The zero-order valence-corrected chi connectivity index (χ0v) is 11.9. The molecule has 0 aliphatic carbocycles. The van der Waals surface area contributed by atoms with Gasteiger partial charge in [-0.3, -0.25) is 16.5 Å². The Balaban J connectivity index is 0.000000617. The second-order valence-corrected chi connectivity index (χ2v) is 4.47. The summed E-state index contributed by atoms with van der Waals surface area (Å²) in [5.41, 5.74) is 2.98. The number of hydrogen-bond acceptors (Lipinski definition) is 6. The van der Waals surface area contributed by atoms with Gasteiger partial charge in [0.05, 0.1) is 11.1 Å². The van der Waals surface area contributed by atoms with Crippen molar-refractivity contribution in [3.63, 3.8) is 0 Å². The van der Waals surface area contributed by atoms with Crippen molar-refractivity contribution in [2.75, 3.05) is 0 Å². The Labute approximate surface area is 129 Å². The van der Waals surface area contributed by atoms with Gasteiger partial charge in [0.1, 0.15) is 11.0 Å². The molecular formula is C14H15N7O2. The van der Waals surface area contributed by atoms with Crippen LogP contribution in [0.3, 0.4) is 0 Å². The molecule has 0 atom stereocenters. The molecule has 0 fully saturated rings. The van der Waals surface area contributed by atoms with Gasteiger partial charge in [-0.1, -0.05) is 24.3 Å². The summed E-state index contributed by atoms with van der Waals surface area (Å²) in [5.74, 6) is 8.00. The van der Waals surface area contributed by atoms with Crippen LogP contribution in [0.1, 0.15) is 0 Å². The first kappa shape index (κ1) is 16.2. The van der Waals surface area contributed by atoms with Gasteiger partial charge < -0.3 is 5.48 Å².